The maximum absolute atomic E-state index is 14.4. The molecule has 1 atom stereocenters. The molecule has 3 aromatic rings. The minimum atomic E-state index is -1.00. The summed E-state index contributed by atoms with van der Waals surface area (Å²) in [4.78, 5) is 4.21. The number of aliphatic hydroxyl groups is 1. The standard InChI is InChI=1S/C16H11FINO/c17-14-13(15(20)10-6-2-1-3-7-10)11-8-4-5-9-12(11)19-16(14)18/h1-9,15,20H/t15-/m0/s1. The van der Waals surface area contributed by atoms with Gasteiger partial charge in [0.05, 0.1) is 5.52 Å². The Bertz CT molecular complexity index is 761. The zero-order chi connectivity index (χ0) is 14.1. The predicted molar refractivity (Wildman–Crippen MR) is 84.9 cm³/mol. The van der Waals surface area contributed by atoms with E-state index in [1.807, 2.05) is 59.0 Å². The minimum Gasteiger partial charge on any atom is -0.384 e. The van der Waals surface area contributed by atoms with Crippen molar-refractivity contribution in [1.82, 2.24) is 4.98 Å². The predicted octanol–water partition coefficient (Wildman–Crippen LogP) is 4.06. The fourth-order valence-corrected chi connectivity index (χ4v) is 2.80. The van der Waals surface area contributed by atoms with Gasteiger partial charge in [0.15, 0.2) is 5.82 Å². The molecule has 0 bridgehead atoms. The number of halogens is 2. The van der Waals surface area contributed by atoms with Crippen LogP contribution in [0.15, 0.2) is 54.6 Å². The Morgan fingerprint density at radius 1 is 1.00 bits per heavy atom. The van der Waals surface area contributed by atoms with Gasteiger partial charge < -0.3 is 5.11 Å². The van der Waals surface area contributed by atoms with Crippen LogP contribution < -0.4 is 0 Å². The van der Waals surface area contributed by atoms with Crippen molar-refractivity contribution in [2.45, 2.75) is 6.10 Å². The van der Waals surface area contributed by atoms with E-state index in [1.165, 1.54) is 0 Å². The van der Waals surface area contributed by atoms with E-state index in [2.05, 4.69) is 4.98 Å². The average Bonchev–Trinajstić information content (AvgIpc) is 2.49. The van der Waals surface area contributed by atoms with Gasteiger partial charge in [-0.2, -0.15) is 0 Å². The van der Waals surface area contributed by atoms with Crippen LogP contribution in [0.3, 0.4) is 0 Å². The maximum atomic E-state index is 14.4. The third-order valence-corrected chi connectivity index (χ3v) is 3.93. The highest BCUT2D eigenvalue weighted by Crippen LogP contribution is 2.32. The summed E-state index contributed by atoms with van der Waals surface area (Å²) in [6, 6.07) is 16.3. The summed E-state index contributed by atoms with van der Waals surface area (Å²) >= 11 is 1.85. The molecule has 0 spiro atoms. The van der Waals surface area contributed by atoms with Crippen molar-refractivity contribution < 1.29 is 9.50 Å². The van der Waals surface area contributed by atoms with Crippen LogP contribution in [-0.4, -0.2) is 10.1 Å². The number of pyridine rings is 1. The van der Waals surface area contributed by atoms with Crippen LogP contribution >= 0.6 is 22.6 Å². The highest BCUT2D eigenvalue weighted by atomic mass is 127. The normalized spacial score (nSPS) is 12.6. The molecule has 3 rings (SSSR count). The zero-order valence-electron chi connectivity index (χ0n) is 10.4. The highest BCUT2D eigenvalue weighted by molar-refractivity contribution is 14.1. The molecule has 2 nitrogen and oxygen atoms in total. The maximum Gasteiger partial charge on any atom is 0.161 e. The van der Waals surface area contributed by atoms with Crippen LogP contribution in [0.1, 0.15) is 17.2 Å². The lowest BCUT2D eigenvalue weighted by Crippen LogP contribution is -2.06. The van der Waals surface area contributed by atoms with Crippen LogP contribution in [0.25, 0.3) is 10.9 Å². The summed E-state index contributed by atoms with van der Waals surface area (Å²) in [5.74, 6) is -0.458. The first kappa shape index (κ1) is 13.5. The van der Waals surface area contributed by atoms with Crippen molar-refractivity contribution in [3.8, 4) is 0 Å². The van der Waals surface area contributed by atoms with Gasteiger partial charge in [-0.25, -0.2) is 9.37 Å². The number of aromatic nitrogens is 1. The Balaban J connectivity index is 2.27. The number of nitrogens with zero attached hydrogens (tertiary/aromatic N) is 1. The first-order valence-electron chi connectivity index (χ1n) is 6.15. The summed E-state index contributed by atoms with van der Waals surface area (Å²) < 4.78 is 14.7. The third-order valence-electron chi connectivity index (χ3n) is 3.22. The molecular weight excluding hydrogens is 368 g/mol. The Kier molecular flexibility index (Phi) is 3.67. The number of para-hydroxylation sites is 1. The number of fused-ring (bicyclic) bond motifs is 1. The highest BCUT2D eigenvalue weighted by Gasteiger charge is 2.21. The first-order valence-corrected chi connectivity index (χ1v) is 7.23. The van der Waals surface area contributed by atoms with Crippen molar-refractivity contribution in [2.75, 3.05) is 0 Å². The molecule has 1 N–H and O–H groups in total. The molecule has 2 aromatic carbocycles. The van der Waals surface area contributed by atoms with Gasteiger partial charge in [-0.3, -0.25) is 0 Å². The molecule has 0 amide bonds. The second-order valence-electron chi connectivity index (χ2n) is 4.46. The lowest BCUT2D eigenvalue weighted by atomic mass is 9.98. The fraction of sp³-hybridized carbons (Fsp3) is 0.0625. The smallest absolute Gasteiger partial charge is 0.161 e. The Morgan fingerprint density at radius 2 is 1.65 bits per heavy atom. The minimum absolute atomic E-state index is 0.270. The Morgan fingerprint density at radius 3 is 2.40 bits per heavy atom. The number of hydrogen-bond acceptors (Lipinski definition) is 2. The van der Waals surface area contributed by atoms with Crippen molar-refractivity contribution in [3.63, 3.8) is 0 Å². The molecule has 1 heterocycles. The van der Waals surface area contributed by atoms with E-state index in [0.29, 0.717) is 16.5 Å². The quantitative estimate of drug-likeness (QED) is 0.538. The first-order chi connectivity index (χ1) is 9.68. The van der Waals surface area contributed by atoms with Crippen LogP contribution in [0, 0.1) is 9.52 Å². The molecular formula is C16H11FINO. The lowest BCUT2D eigenvalue weighted by Gasteiger charge is -2.15. The van der Waals surface area contributed by atoms with Gasteiger partial charge in [0.25, 0.3) is 0 Å². The lowest BCUT2D eigenvalue weighted by molar-refractivity contribution is 0.216. The Labute approximate surface area is 129 Å². The molecule has 100 valence electrons. The summed E-state index contributed by atoms with van der Waals surface area (Å²) in [5, 5.41) is 11.2. The SMILES string of the molecule is O[C@@H](c1ccccc1)c1c(F)c(I)nc2ccccc12. The van der Waals surface area contributed by atoms with Gasteiger partial charge in [-0.05, 0) is 34.2 Å². The molecule has 0 unspecified atom stereocenters. The van der Waals surface area contributed by atoms with E-state index in [0.717, 1.165) is 0 Å². The van der Waals surface area contributed by atoms with Crippen LogP contribution in [0.5, 0.6) is 0 Å². The molecule has 0 aliphatic rings. The van der Waals surface area contributed by atoms with Gasteiger partial charge in [-0.1, -0.05) is 48.5 Å². The van der Waals surface area contributed by atoms with Crippen LogP contribution in [0.2, 0.25) is 0 Å². The van der Waals surface area contributed by atoms with Gasteiger partial charge in [0.1, 0.15) is 9.80 Å². The molecule has 0 fully saturated rings. The fourth-order valence-electron chi connectivity index (χ4n) is 2.25. The second-order valence-corrected chi connectivity index (χ2v) is 5.48. The van der Waals surface area contributed by atoms with Gasteiger partial charge in [0.2, 0.25) is 0 Å². The molecule has 0 aliphatic heterocycles. The molecule has 0 radical (unpaired) electrons. The summed E-state index contributed by atoms with van der Waals surface area (Å²) in [7, 11) is 0. The molecule has 0 saturated heterocycles. The molecule has 20 heavy (non-hydrogen) atoms. The summed E-state index contributed by atoms with van der Waals surface area (Å²) in [6.07, 6.45) is -1.00. The van der Waals surface area contributed by atoms with Crippen molar-refractivity contribution >= 4 is 33.5 Å². The van der Waals surface area contributed by atoms with Crippen LogP contribution in [0.4, 0.5) is 4.39 Å². The van der Waals surface area contributed by atoms with Gasteiger partial charge in [0, 0.05) is 10.9 Å². The van der Waals surface area contributed by atoms with E-state index in [1.54, 1.807) is 18.2 Å². The second kappa shape index (κ2) is 5.46. The number of benzene rings is 2. The molecule has 0 aliphatic carbocycles. The number of aliphatic hydroxyl groups excluding tert-OH is 1. The van der Waals surface area contributed by atoms with E-state index < -0.39 is 11.9 Å². The van der Waals surface area contributed by atoms with Gasteiger partial charge >= 0.3 is 0 Å². The molecule has 0 saturated carbocycles. The Hall–Kier alpha value is -1.53. The monoisotopic (exact) mass is 379 g/mol. The summed E-state index contributed by atoms with van der Waals surface area (Å²) in [6.45, 7) is 0. The summed E-state index contributed by atoms with van der Waals surface area (Å²) in [5.41, 5.74) is 1.63. The van der Waals surface area contributed by atoms with Crippen molar-refractivity contribution in [2.24, 2.45) is 0 Å². The largest absolute Gasteiger partial charge is 0.384 e. The zero-order valence-corrected chi connectivity index (χ0v) is 12.6. The van der Waals surface area contributed by atoms with E-state index in [4.69, 9.17) is 0 Å². The van der Waals surface area contributed by atoms with E-state index >= 15 is 0 Å². The number of hydrogen-bond donors (Lipinski definition) is 1. The van der Waals surface area contributed by atoms with Crippen LogP contribution in [-0.2, 0) is 0 Å². The third kappa shape index (κ3) is 2.29. The van der Waals surface area contributed by atoms with Gasteiger partial charge in [-0.15, -0.1) is 0 Å². The van der Waals surface area contributed by atoms with E-state index in [9.17, 15) is 9.50 Å². The van der Waals surface area contributed by atoms with Crippen molar-refractivity contribution in [1.29, 1.82) is 0 Å². The van der Waals surface area contributed by atoms with E-state index in [-0.39, 0.29) is 9.26 Å². The van der Waals surface area contributed by atoms with Crippen molar-refractivity contribution in [3.05, 3.63) is 75.2 Å². The topological polar surface area (TPSA) is 33.1 Å². The average molecular weight is 379 g/mol. The molecule has 1 aromatic heterocycles. The number of rotatable bonds is 2. The molecule has 4 heteroatoms.